The molecule has 4 N–H and O–H groups in total. The molecule has 0 saturated carbocycles. The van der Waals surface area contributed by atoms with Crippen LogP contribution in [-0.2, 0) is 12.8 Å². The van der Waals surface area contributed by atoms with Gasteiger partial charge in [-0.25, -0.2) is 0 Å². The van der Waals surface area contributed by atoms with E-state index in [0.29, 0.717) is 0 Å². The van der Waals surface area contributed by atoms with E-state index in [2.05, 4.69) is 49.5 Å². The third-order valence-corrected chi connectivity index (χ3v) is 5.03. The van der Waals surface area contributed by atoms with Gasteiger partial charge in [0, 0.05) is 24.5 Å². The zero-order valence-corrected chi connectivity index (χ0v) is 16.2. The molecular weight excluding hydrogens is 348 g/mol. The van der Waals surface area contributed by atoms with Crippen molar-refractivity contribution < 1.29 is 0 Å². The highest BCUT2D eigenvalue weighted by Gasteiger charge is 2.14. The summed E-state index contributed by atoms with van der Waals surface area (Å²) in [4.78, 5) is 8.60. The fraction of sp³-hybridized carbons (Fsp3) is 0.364. The van der Waals surface area contributed by atoms with Crippen LogP contribution in [-0.4, -0.2) is 38.1 Å². The van der Waals surface area contributed by atoms with Crippen LogP contribution in [0.5, 0.6) is 0 Å². The van der Waals surface area contributed by atoms with Gasteiger partial charge in [0.2, 0.25) is 0 Å². The number of nitrogens with zero attached hydrogens (tertiary/aromatic N) is 2. The maximum absolute atomic E-state index is 4.37. The van der Waals surface area contributed by atoms with Crippen LogP contribution < -0.4 is 21.3 Å². The lowest BCUT2D eigenvalue weighted by Gasteiger charge is -2.20. The van der Waals surface area contributed by atoms with Gasteiger partial charge in [-0.1, -0.05) is 30.3 Å². The molecule has 0 unspecified atom stereocenters. The number of aryl methyl sites for hydroxylation is 1. The Morgan fingerprint density at radius 1 is 0.714 bits per heavy atom. The molecule has 0 aromatic heterocycles. The molecule has 2 aromatic rings. The van der Waals surface area contributed by atoms with Crippen molar-refractivity contribution in [3.63, 3.8) is 0 Å². The van der Waals surface area contributed by atoms with Gasteiger partial charge < -0.3 is 21.3 Å². The SMILES string of the molecule is c1cc2c(c(NC3=NCCN3)c1)CCCC2.c1ccc(NC2=NCCN2)cc1. The number of rotatable bonds is 2. The first-order valence-corrected chi connectivity index (χ1v) is 10.1. The Morgan fingerprint density at radius 2 is 1.43 bits per heavy atom. The van der Waals surface area contributed by atoms with E-state index in [9.17, 15) is 0 Å². The monoisotopic (exact) mass is 376 g/mol. The van der Waals surface area contributed by atoms with Gasteiger partial charge in [0.05, 0.1) is 13.1 Å². The Bertz CT molecular complexity index is 843. The molecule has 1 aliphatic carbocycles. The van der Waals surface area contributed by atoms with E-state index in [1.165, 1.54) is 42.5 Å². The van der Waals surface area contributed by atoms with E-state index in [-0.39, 0.29) is 0 Å². The van der Waals surface area contributed by atoms with Gasteiger partial charge in [-0.3, -0.25) is 9.98 Å². The summed E-state index contributed by atoms with van der Waals surface area (Å²) >= 11 is 0. The molecule has 146 valence electrons. The molecule has 0 saturated heterocycles. The summed E-state index contributed by atoms with van der Waals surface area (Å²) in [6, 6.07) is 16.6. The van der Waals surface area contributed by atoms with Crippen molar-refractivity contribution in [1.29, 1.82) is 0 Å². The Morgan fingerprint density at radius 3 is 2.14 bits per heavy atom. The summed E-state index contributed by atoms with van der Waals surface area (Å²) in [5.41, 5.74) is 5.32. The van der Waals surface area contributed by atoms with Crippen LogP contribution in [0.3, 0.4) is 0 Å². The molecule has 6 nitrogen and oxygen atoms in total. The predicted molar refractivity (Wildman–Crippen MR) is 117 cm³/mol. The Balaban J connectivity index is 0.000000143. The first kappa shape index (κ1) is 18.3. The third-order valence-electron chi connectivity index (χ3n) is 5.03. The van der Waals surface area contributed by atoms with Gasteiger partial charge in [0.25, 0.3) is 0 Å². The smallest absolute Gasteiger partial charge is 0.195 e. The lowest BCUT2D eigenvalue weighted by Crippen LogP contribution is -2.27. The van der Waals surface area contributed by atoms with Crippen molar-refractivity contribution in [2.45, 2.75) is 25.7 Å². The van der Waals surface area contributed by atoms with E-state index in [1.54, 1.807) is 0 Å². The minimum Gasteiger partial charge on any atom is -0.354 e. The number of para-hydroxylation sites is 1. The molecule has 5 rings (SSSR count). The fourth-order valence-electron chi connectivity index (χ4n) is 3.65. The summed E-state index contributed by atoms with van der Waals surface area (Å²) in [6.45, 7) is 3.65. The number of fused-ring (bicyclic) bond motifs is 1. The maximum atomic E-state index is 4.37. The van der Waals surface area contributed by atoms with E-state index in [4.69, 9.17) is 0 Å². The van der Waals surface area contributed by atoms with Crippen LogP contribution in [0.4, 0.5) is 11.4 Å². The average molecular weight is 377 g/mol. The molecule has 6 heteroatoms. The lowest BCUT2D eigenvalue weighted by molar-refractivity contribution is 0.687. The van der Waals surface area contributed by atoms with Crippen molar-refractivity contribution >= 4 is 23.3 Å². The van der Waals surface area contributed by atoms with E-state index in [0.717, 1.165) is 43.8 Å². The van der Waals surface area contributed by atoms with Crippen molar-refractivity contribution in [1.82, 2.24) is 10.6 Å². The number of nitrogens with one attached hydrogen (secondary N) is 4. The van der Waals surface area contributed by atoms with Gasteiger partial charge in [0.1, 0.15) is 0 Å². The molecule has 0 atom stereocenters. The fourth-order valence-corrected chi connectivity index (χ4v) is 3.65. The minimum atomic E-state index is 0.870. The Labute approximate surface area is 166 Å². The summed E-state index contributed by atoms with van der Waals surface area (Å²) < 4.78 is 0. The number of guanidine groups is 2. The van der Waals surface area contributed by atoms with E-state index >= 15 is 0 Å². The zero-order chi connectivity index (χ0) is 19.0. The maximum Gasteiger partial charge on any atom is 0.195 e. The lowest BCUT2D eigenvalue weighted by atomic mass is 9.90. The zero-order valence-electron chi connectivity index (χ0n) is 16.2. The first-order valence-electron chi connectivity index (χ1n) is 10.1. The van der Waals surface area contributed by atoms with Crippen molar-refractivity contribution in [3.05, 3.63) is 59.7 Å². The molecule has 2 aliphatic heterocycles. The van der Waals surface area contributed by atoms with Crippen molar-refractivity contribution in [3.8, 4) is 0 Å². The number of hydrogen-bond acceptors (Lipinski definition) is 6. The molecular formula is C22H28N6. The molecule has 3 aliphatic rings. The molecule has 0 amide bonds. The standard InChI is InChI=1S/C13H17N3.C9H11N3/c1-2-6-11-10(4-1)5-3-7-12(11)16-13-14-8-9-15-13;1-2-4-8(5-3-1)12-9-10-6-7-11-9/h3,5,7H,1-2,4,6,8-9H2,(H2,14,15,16);1-5H,6-7H2,(H2,10,11,12). The predicted octanol–water partition coefficient (Wildman–Crippen LogP) is 2.99. The van der Waals surface area contributed by atoms with Gasteiger partial charge in [-0.05, 0) is 55.0 Å². The van der Waals surface area contributed by atoms with Crippen molar-refractivity contribution in [2.24, 2.45) is 9.98 Å². The van der Waals surface area contributed by atoms with Crippen LogP contribution in [0.15, 0.2) is 58.5 Å². The highest BCUT2D eigenvalue weighted by atomic mass is 15.2. The van der Waals surface area contributed by atoms with Crippen LogP contribution in [0.25, 0.3) is 0 Å². The van der Waals surface area contributed by atoms with Crippen LogP contribution in [0.2, 0.25) is 0 Å². The molecule has 2 heterocycles. The Hall–Kier alpha value is -3.02. The van der Waals surface area contributed by atoms with Gasteiger partial charge in [-0.2, -0.15) is 0 Å². The average Bonchev–Trinajstić information content (AvgIpc) is 3.44. The number of hydrogen-bond donors (Lipinski definition) is 4. The van der Waals surface area contributed by atoms with E-state index in [1.807, 2.05) is 30.3 Å². The van der Waals surface area contributed by atoms with Crippen LogP contribution in [0.1, 0.15) is 24.0 Å². The summed E-state index contributed by atoms with van der Waals surface area (Å²) in [5.74, 6) is 1.81. The normalized spacial score (nSPS) is 17.1. The first-order chi connectivity index (χ1) is 13.9. The third kappa shape index (κ3) is 4.82. The molecule has 28 heavy (non-hydrogen) atoms. The summed E-state index contributed by atoms with van der Waals surface area (Å²) in [5, 5.41) is 13.0. The van der Waals surface area contributed by atoms with Crippen LogP contribution >= 0.6 is 0 Å². The topological polar surface area (TPSA) is 72.8 Å². The molecule has 0 bridgehead atoms. The number of benzene rings is 2. The summed E-state index contributed by atoms with van der Waals surface area (Å²) in [6.07, 6.45) is 5.07. The van der Waals surface area contributed by atoms with Gasteiger partial charge in [0.15, 0.2) is 11.9 Å². The van der Waals surface area contributed by atoms with Crippen LogP contribution in [0, 0.1) is 0 Å². The molecule has 2 aromatic carbocycles. The highest BCUT2D eigenvalue weighted by Crippen LogP contribution is 2.27. The molecule has 0 fully saturated rings. The second-order valence-corrected chi connectivity index (χ2v) is 7.08. The van der Waals surface area contributed by atoms with Crippen molar-refractivity contribution in [2.75, 3.05) is 36.8 Å². The largest absolute Gasteiger partial charge is 0.354 e. The molecule has 0 radical (unpaired) electrons. The highest BCUT2D eigenvalue weighted by molar-refractivity contribution is 5.95. The van der Waals surface area contributed by atoms with E-state index < -0.39 is 0 Å². The molecule has 0 spiro atoms. The number of anilines is 2. The quantitative estimate of drug-likeness (QED) is 0.650. The van der Waals surface area contributed by atoms with Gasteiger partial charge >= 0.3 is 0 Å². The minimum absolute atomic E-state index is 0.870. The second kappa shape index (κ2) is 9.26. The van der Waals surface area contributed by atoms with Gasteiger partial charge in [-0.15, -0.1) is 0 Å². The Kier molecular flexibility index (Phi) is 6.07. The summed E-state index contributed by atoms with van der Waals surface area (Å²) in [7, 11) is 0. The number of aliphatic imine (C=N–C) groups is 2. The second-order valence-electron chi connectivity index (χ2n) is 7.08.